The van der Waals surface area contributed by atoms with Gasteiger partial charge in [-0.2, -0.15) is 0 Å². The summed E-state index contributed by atoms with van der Waals surface area (Å²) in [5, 5.41) is 0.212. The van der Waals surface area contributed by atoms with Crippen LogP contribution < -0.4 is 10.5 Å². The summed E-state index contributed by atoms with van der Waals surface area (Å²) in [6.45, 7) is 4.35. The van der Waals surface area contributed by atoms with Gasteiger partial charge >= 0.3 is 0 Å². The van der Waals surface area contributed by atoms with Crippen LogP contribution in [0.5, 0.6) is 0 Å². The summed E-state index contributed by atoms with van der Waals surface area (Å²) in [6.07, 6.45) is 7.74. The number of aromatic amines is 1. The van der Waals surface area contributed by atoms with Crippen molar-refractivity contribution in [2.45, 2.75) is 38.1 Å². The van der Waals surface area contributed by atoms with Gasteiger partial charge in [0.1, 0.15) is 5.02 Å². The Morgan fingerprint density at radius 3 is 2.55 bits per heavy atom. The van der Waals surface area contributed by atoms with E-state index in [1.54, 1.807) is 0 Å². The van der Waals surface area contributed by atoms with Gasteiger partial charge in [0.15, 0.2) is 5.82 Å². The fraction of sp³-hybridized carbons (Fsp3) is 0.714. The summed E-state index contributed by atoms with van der Waals surface area (Å²) in [7, 11) is 0. The number of hydrogen-bond donors (Lipinski definition) is 1. The predicted octanol–water partition coefficient (Wildman–Crippen LogP) is 1.88. The Labute approximate surface area is 123 Å². The number of nitrogens with one attached hydrogen (secondary N) is 1. The first-order valence-electron chi connectivity index (χ1n) is 7.48. The monoisotopic (exact) mass is 296 g/mol. The highest BCUT2D eigenvalue weighted by Crippen LogP contribution is 2.25. The molecule has 2 fully saturated rings. The molecule has 0 aliphatic carbocycles. The number of H-pyrrole nitrogens is 1. The number of nitrogens with zero attached hydrogens (tertiary/aromatic N) is 3. The number of anilines is 1. The molecule has 2 saturated heterocycles. The van der Waals surface area contributed by atoms with E-state index in [0.29, 0.717) is 11.9 Å². The van der Waals surface area contributed by atoms with Crippen molar-refractivity contribution in [1.82, 2.24) is 14.9 Å². The summed E-state index contributed by atoms with van der Waals surface area (Å²) >= 11 is 6.05. The number of halogens is 1. The van der Waals surface area contributed by atoms with E-state index in [1.165, 1.54) is 38.7 Å². The molecule has 3 rings (SSSR count). The van der Waals surface area contributed by atoms with Gasteiger partial charge in [0.25, 0.3) is 5.56 Å². The molecule has 0 atom stereocenters. The van der Waals surface area contributed by atoms with Gasteiger partial charge in [0, 0.05) is 19.1 Å². The molecule has 3 heterocycles. The van der Waals surface area contributed by atoms with E-state index in [4.69, 9.17) is 11.6 Å². The number of piperidine rings is 2. The first-order valence-corrected chi connectivity index (χ1v) is 7.85. The first kappa shape index (κ1) is 13.9. The van der Waals surface area contributed by atoms with Crippen LogP contribution in [0.15, 0.2) is 11.1 Å². The van der Waals surface area contributed by atoms with Gasteiger partial charge in [0.2, 0.25) is 0 Å². The Morgan fingerprint density at radius 2 is 1.85 bits per heavy atom. The number of likely N-dealkylation sites (tertiary alicyclic amines) is 1. The maximum Gasteiger partial charge on any atom is 0.271 e. The van der Waals surface area contributed by atoms with E-state index in [2.05, 4.69) is 19.8 Å². The molecule has 1 aromatic heterocycles. The van der Waals surface area contributed by atoms with Gasteiger partial charge in [-0.05, 0) is 38.8 Å². The first-order chi connectivity index (χ1) is 9.75. The van der Waals surface area contributed by atoms with E-state index < -0.39 is 0 Å². The molecule has 0 unspecified atom stereocenters. The van der Waals surface area contributed by atoms with Crippen LogP contribution >= 0.6 is 11.6 Å². The fourth-order valence-electron chi connectivity index (χ4n) is 3.32. The summed E-state index contributed by atoms with van der Waals surface area (Å²) in [5.74, 6) is 0.632. The zero-order valence-electron chi connectivity index (χ0n) is 11.6. The third-order valence-electron chi connectivity index (χ3n) is 4.45. The summed E-state index contributed by atoms with van der Waals surface area (Å²) in [5.41, 5.74) is -0.255. The molecule has 0 saturated carbocycles. The van der Waals surface area contributed by atoms with Gasteiger partial charge in [-0.1, -0.05) is 18.0 Å². The molecule has 5 nitrogen and oxygen atoms in total. The molecule has 0 spiro atoms. The maximum absolute atomic E-state index is 11.5. The van der Waals surface area contributed by atoms with Crippen molar-refractivity contribution in [3.05, 3.63) is 21.7 Å². The van der Waals surface area contributed by atoms with Crippen molar-refractivity contribution in [3.63, 3.8) is 0 Å². The minimum absolute atomic E-state index is 0.212. The summed E-state index contributed by atoms with van der Waals surface area (Å²) in [6, 6.07) is 0.687. The molecule has 0 amide bonds. The average Bonchev–Trinajstić information content (AvgIpc) is 2.51. The van der Waals surface area contributed by atoms with Gasteiger partial charge in [0.05, 0.1) is 6.33 Å². The lowest BCUT2D eigenvalue weighted by atomic mass is 10.00. The largest absolute Gasteiger partial charge is 0.355 e. The van der Waals surface area contributed by atoms with Gasteiger partial charge in [-0.3, -0.25) is 4.79 Å². The Morgan fingerprint density at radius 1 is 1.15 bits per heavy atom. The zero-order valence-corrected chi connectivity index (χ0v) is 12.4. The van der Waals surface area contributed by atoms with Crippen molar-refractivity contribution in [2.24, 2.45) is 0 Å². The highest BCUT2D eigenvalue weighted by atomic mass is 35.5. The molecule has 20 heavy (non-hydrogen) atoms. The molecule has 2 aliphatic rings. The van der Waals surface area contributed by atoms with Gasteiger partial charge in [-0.25, -0.2) is 4.98 Å². The van der Waals surface area contributed by atoms with Crippen LogP contribution in [-0.2, 0) is 0 Å². The van der Waals surface area contributed by atoms with Gasteiger partial charge < -0.3 is 14.8 Å². The average molecular weight is 297 g/mol. The quantitative estimate of drug-likeness (QED) is 0.905. The predicted molar refractivity (Wildman–Crippen MR) is 80.5 cm³/mol. The maximum atomic E-state index is 11.5. The van der Waals surface area contributed by atoms with Crippen molar-refractivity contribution >= 4 is 17.4 Å². The number of rotatable bonds is 2. The third-order valence-corrected chi connectivity index (χ3v) is 4.79. The second kappa shape index (κ2) is 6.14. The normalized spacial score (nSPS) is 22.1. The van der Waals surface area contributed by atoms with E-state index in [1.807, 2.05) is 0 Å². The second-order valence-electron chi connectivity index (χ2n) is 5.68. The van der Waals surface area contributed by atoms with E-state index >= 15 is 0 Å². The van der Waals surface area contributed by atoms with Crippen molar-refractivity contribution in [1.29, 1.82) is 0 Å². The van der Waals surface area contributed by atoms with Crippen molar-refractivity contribution < 1.29 is 0 Å². The highest BCUT2D eigenvalue weighted by Gasteiger charge is 2.27. The molecule has 110 valence electrons. The van der Waals surface area contributed by atoms with Crippen LogP contribution in [0, 0.1) is 0 Å². The molecular formula is C14H21ClN4O. The van der Waals surface area contributed by atoms with Crippen LogP contribution in [0.3, 0.4) is 0 Å². The molecule has 0 aromatic carbocycles. The van der Waals surface area contributed by atoms with Crippen LogP contribution in [0.25, 0.3) is 0 Å². The van der Waals surface area contributed by atoms with Crippen molar-refractivity contribution in [2.75, 3.05) is 31.1 Å². The molecule has 0 bridgehead atoms. The number of aromatic nitrogens is 2. The topological polar surface area (TPSA) is 52.2 Å². The minimum Gasteiger partial charge on any atom is -0.355 e. The molecule has 2 aliphatic heterocycles. The highest BCUT2D eigenvalue weighted by molar-refractivity contribution is 6.32. The second-order valence-corrected chi connectivity index (χ2v) is 6.06. The van der Waals surface area contributed by atoms with Crippen LogP contribution in [0.2, 0.25) is 5.02 Å². The Kier molecular flexibility index (Phi) is 4.27. The molecule has 1 N–H and O–H groups in total. The van der Waals surface area contributed by atoms with E-state index in [-0.39, 0.29) is 10.6 Å². The number of hydrogen-bond acceptors (Lipinski definition) is 4. The van der Waals surface area contributed by atoms with Crippen LogP contribution in [0.1, 0.15) is 32.1 Å². The van der Waals surface area contributed by atoms with E-state index in [0.717, 1.165) is 25.9 Å². The molecule has 6 heteroatoms. The molecule has 0 radical (unpaired) electrons. The van der Waals surface area contributed by atoms with Gasteiger partial charge in [-0.15, -0.1) is 0 Å². The molecular weight excluding hydrogens is 276 g/mol. The lowest BCUT2D eigenvalue weighted by Crippen LogP contribution is -2.47. The fourth-order valence-corrected chi connectivity index (χ4v) is 3.54. The summed E-state index contributed by atoms with van der Waals surface area (Å²) < 4.78 is 0. The van der Waals surface area contributed by atoms with Crippen LogP contribution in [-0.4, -0.2) is 47.1 Å². The van der Waals surface area contributed by atoms with Crippen LogP contribution in [0.4, 0.5) is 5.82 Å². The molecule has 1 aromatic rings. The Hall–Kier alpha value is -1.07. The Balaban J connectivity index is 1.63. The van der Waals surface area contributed by atoms with E-state index in [9.17, 15) is 4.79 Å². The SMILES string of the molecule is O=c1[nH]cnc(N2CCC(N3CCCCC3)CC2)c1Cl. The Bertz CT molecular complexity index is 504. The lowest BCUT2D eigenvalue weighted by Gasteiger charge is -2.40. The standard InChI is InChI=1S/C14H21ClN4O/c15-12-13(16-10-17-14(12)20)19-8-4-11(5-9-19)18-6-2-1-3-7-18/h10-11H,1-9H2,(H,16,17,20). The smallest absolute Gasteiger partial charge is 0.271 e. The van der Waals surface area contributed by atoms with Crippen molar-refractivity contribution in [3.8, 4) is 0 Å². The lowest BCUT2D eigenvalue weighted by molar-refractivity contribution is 0.141. The summed E-state index contributed by atoms with van der Waals surface area (Å²) in [4.78, 5) is 23.0. The minimum atomic E-state index is -0.255. The third kappa shape index (κ3) is 2.83. The zero-order chi connectivity index (χ0) is 13.9.